The highest BCUT2D eigenvalue weighted by atomic mass is 19.4. The summed E-state index contributed by atoms with van der Waals surface area (Å²) in [4.78, 5) is 39.1. The van der Waals surface area contributed by atoms with E-state index in [0.717, 1.165) is 10.8 Å². The van der Waals surface area contributed by atoms with Gasteiger partial charge in [-0.25, -0.2) is 0 Å². The Morgan fingerprint density at radius 3 is 2.55 bits per heavy atom. The van der Waals surface area contributed by atoms with Crippen LogP contribution in [0.1, 0.15) is 32.3 Å². The minimum atomic E-state index is -5.17. The Bertz CT molecular complexity index is 1420. The van der Waals surface area contributed by atoms with E-state index < -0.39 is 48.3 Å². The number of nitrogens with zero attached hydrogens (tertiary/aromatic N) is 2. The number of benzene rings is 2. The second-order valence-corrected chi connectivity index (χ2v) is 12.2. The molecule has 4 N–H and O–H groups in total. The number of hydrogen-bond acceptors (Lipinski definition) is 6. The molecule has 3 amide bonds. The van der Waals surface area contributed by atoms with Crippen molar-refractivity contribution in [3.05, 3.63) is 48.0 Å². The van der Waals surface area contributed by atoms with Crippen LogP contribution in [0.25, 0.3) is 10.8 Å². The lowest BCUT2D eigenvalue weighted by Crippen LogP contribution is -2.60. The number of nitrogens with one attached hydrogen (secondary N) is 3. The van der Waals surface area contributed by atoms with Crippen molar-refractivity contribution in [2.45, 2.75) is 63.6 Å². The Hall–Kier alpha value is -3.69. The lowest BCUT2D eigenvalue weighted by Gasteiger charge is -2.38. The number of fused-ring (bicyclic) bond motifs is 2. The van der Waals surface area contributed by atoms with Crippen molar-refractivity contribution in [1.82, 2.24) is 20.9 Å². The molecule has 0 spiro atoms. The van der Waals surface area contributed by atoms with E-state index in [1.54, 1.807) is 12.1 Å². The van der Waals surface area contributed by atoms with Crippen molar-refractivity contribution in [3.8, 4) is 6.07 Å². The molecule has 2 saturated heterocycles. The first-order chi connectivity index (χ1) is 19.8. The second kappa shape index (κ2) is 11.2. The fourth-order valence-electron chi connectivity index (χ4n) is 6.78. The minimum Gasteiger partial charge on any atom is -0.376 e. The van der Waals surface area contributed by atoms with E-state index in [2.05, 4.69) is 10.6 Å². The SMILES string of the molecule is CC1(C)[C@@H]2[C@@H](C(=O)N[C@H](C#N)CC3CCNC3=O)N(C(O)C(Cc3ccc4ccccc4c3)NC(=O)C(F)(F)F)C[C@@H]21. The lowest BCUT2D eigenvalue weighted by atomic mass is 9.96. The molecule has 224 valence electrons. The van der Waals surface area contributed by atoms with Crippen molar-refractivity contribution in [2.24, 2.45) is 23.2 Å². The second-order valence-electron chi connectivity index (χ2n) is 12.2. The zero-order valence-corrected chi connectivity index (χ0v) is 23.3. The number of aliphatic hydroxyl groups is 1. The molecule has 2 heterocycles. The summed E-state index contributed by atoms with van der Waals surface area (Å²) in [6.45, 7) is 4.69. The van der Waals surface area contributed by atoms with Gasteiger partial charge in [-0.1, -0.05) is 56.3 Å². The molecule has 1 saturated carbocycles. The Kier molecular flexibility index (Phi) is 7.94. The molecule has 2 aliphatic heterocycles. The minimum absolute atomic E-state index is 0.0105. The number of likely N-dealkylation sites (tertiary alicyclic amines) is 1. The van der Waals surface area contributed by atoms with Crippen molar-refractivity contribution in [3.63, 3.8) is 0 Å². The molecule has 3 fully saturated rings. The summed E-state index contributed by atoms with van der Waals surface area (Å²) in [7, 11) is 0. The van der Waals surface area contributed by atoms with Gasteiger partial charge < -0.3 is 21.1 Å². The third-order valence-electron chi connectivity index (χ3n) is 9.21. The first-order valence-electron chi connectivity index (χ1n) is 14.1. The van der Waals surface area contributed by atoms with Gasteiger partial charge in [0.1, 0.15) is 12.3 Å². The molecule has 2 aromatic carbocycles. The molecule has 9 nitrogen and oxygen atoms in total. The number of hydrogen-bond donors (Lipinski definition) is 4. The number of nitriles is 1. The van der Waals surface area contributed by atoms with Crippen LogP contribution < -0.4 is 16.0 Å². The number of halogens is 3. The van der Waals surface area contributed by atoms with Gasteiger partial charge in [-0.05, 0) is 52.8 Å². The summed E-state index contributed by atoms with van der Waals surface area (Å²) in [6.07, 6.45) is -6.22. The smallest absolute Gasteiger partial charge is 0.376 e. The summed E-state index contributed by atoms with van der Waals surface area (Å²) in [5.41, 5.74) is 0.347. The van der Waals surface area contributed by atoms with E-state index in [9.17, 15) is 37.9 Å². The van der Waals surface area contributed by atoms with Gasteiger partial charge in [0, 0.05) is 19.0 Å². The first kappa shape index (κ1) is 29.8. The number of aliphatic hydroxyl groups excluding tert-OH is 1. The standard InChI is InChI=1S/C30H34F3N5O4/c1-29(2)21-15-38(24(23(21)29)26(40)36-20(14-34)13-19-9-10-35-25(19)39)27(41)22(37-28(42)30(31,32)33)12-16-7-8-17-5-3-4-6-18(17)11-16/h3-8,11,19-24,27,41H,9-10,12-13,15H2,1-2H3,(H,35,39)(H,36,40)(H,37,42)/t19?,20-,21-,22?,23-,24-,27?/m0/s1. The van der Waals surface area contributed by atoms with Gasteiger partial charge in [0.2, 0.25) is 11.8 Å². The zero-order valence-electron chi connectivity index (χ0n) is 23.3. The van der Waals surface area contributed by atoms with Gasteiger partial charge in [0.15, 0.2) is 0 Å². The third-order valence-corrected chi connectivity index (χ3v) is 9.21. The molecule has 3 aliphatic rings. The van der Waals surface area contributed by atoms with Crippen molar-refractivity contribution in [1.29, 1.82) is 5.26 Å². The molecule has 0 aromatic heterocycles. The molecule has 1 aliphatic carbocycles. The molecule has 3 unspecified atom stereocenters. The van der Waals surface area contributed by atoms with Crippen LogP contribution in [-0.2, 0) is 20.8 Å². The number of rotatable bonds is 9. The van der Waals surface area contributed by atoms with E-state index in [1.165, 1.54) is 4.90 Å². The van der Waals surface area contributed by atoms with Crippen LogP contribution >= 0.6 is 0 Å². The fraction of sp³-hybridized carbons (Fsp3) is 0.533. The Balaban J connectivity index is 1.38. The van der Waals surface area contributed by atoms with E-state index in [-0.39, 0.29) is 42.5 Å². The Labute approximate surface area is 241 Å². The highest BCUT2D eigenvalue weighted by Crippen LogP contribution is 2.65. The maximum absolute atomic E-state index is 13.6. The highest BCUT2D eigenvalue weighted by Gasteiger charge is 2.69. The monoisotopic (exact) mass is 585 g/mol. The lowest BCUT2D eigenvalue weighted by molar-refractivity contribution is -0.176. The van der Waals surface area contributed by atoms with Gasteiger partial charge in [-0.15, -0.1) is 0 Å². The van der Waals surface area contributed by atoms with Crippen LogP contribution in [0.3, 0.4) is 0 Å². The topological polar surface area (TPSA) is 135 Å². The predicted molar refractivity (Wildman–Crippen MR) is 146 cm³/mol. The summed E-state index contributed by atoms with van der Waals surface area (Å²) in [6, 6.07) is 11.5. The number of carbonyl (C=O) groups is 3. The Morgan fingerprint density at radius 2 is 1.90 bits per heavy atom. The van der Waals surface area contributed by atoms with Crippen LogP contribution in [-0.4, -0.2) is 71.3 Å². The summed E-state index contributed by atoms with van der Waals surface area (Å²) < 4.78 is 40.0. The molecule has 0 radical (unpaired) electrons. The first-order valence-corrected chi connectivity index (χ1v) is 14.1. The number of alkyl halides is 3. The summed E-state index contributed by atoms with van der Waals surface area (Å²) in [5.74, 6) is -3.53. The van der Waals surface area contributed by atoms with Gasteiger partial charge in [-0.3, -0.25) is 19.3 Å². The quantitative estimate of drug-likeness (QED) is 0.357. The average molecular weight is 586 g/mol. The van der Waals surface area contributed by atoms with E-state index in [1.807, 2.05) is 55.6 Å². The molecule has 5 rings (SSSR count). The summed E-state index contributed by atoms with van der Waals surface area (Å²) in [5, 5.41) is 30.4. The molecular weight excluding hydrogens is 551 g/mol. The van der Waals surface area contributed by atoms with Crippen molar-refractivity contribution < 1.29 is 32.7 Å². The van der Waals surface area contributed by atoms with Gasteiger partial charge >= 0.3 is 12.1 Å². The zero-order chi connectivity index (χ0) is 30.4. The largest absolute Gasteiger partial charge is 0.471 e. The van der Waals surface area contributed by atoms with Crippen LogP contribution in [0.15, 0.2) is 42.5 Å². The molecular formula is C30H34F3N5O4. The normalized spacial score (nSPS) is 26.9. The number of amides is 3. The van der Waals surface area contributed by atoms with E-state index in [0.29, 0.717) is 18.5 Å². The van der Waals surface area contributed by atoms with Gasteiger partial charge in [-0.2, -0.15) is 18.4 Å². The Morgan fingerprint density at radius 1 is 1.19 bits per heavy atom. The van der Waals surface area contributed by atoms with Crippen LogP contribution in [0.5, 0.6) is 0 Å². The number of piperidine rings is 1. The highest BCUT2D eigenvalue weighted by molar-refractivity contribution is 5.85. The van der Waals surface area contributed by atoms with Crippen LogP contribution in [0.2, 0.25) is 0 Å². The number of carbonyl (C=O) groups excluding carboxylic acids is 3. The van der Waals surface area contributed by atoms with E-state index in [4.69, 9.17) is 0 Å². The maximum Gasteiger partial charge on any atom is 0.471 e. The van der Waals surface area contributed by atoms with Gasteiger partial charge in [0.25, 0.3) is 0 Å². The third kappa shape index (κ3) is 5.80. The van der Waals surface area contributed by atoms with Crippen LogP contribution in [0, 0.1) is 34.5 Å². The fourth-order valence-corrected chi connectivity index (χ4v) is 6.78. The predicted octanol–water partition coefficient (Wildman–Crippen LogP) is 2.24. The van der Waals surface area contributed by atoms with E-state index >= 15 is 0 Å². The molecule has 42 heavy (non-hydrogen) atoms. The van der Waals surface area contributed by atoms with Crippen molar-refractivity contribution in [2.75, 3.05) is 13.1 Å². The molecule has 7 atom stereocenters. The molecule has 2 aromatic rings. The average Bonchev–Trinajstić information content (AvgIpc) is 3.28. The van der Waals surface area contributed by atoms with Crippen LogP contribution in [0.4, 0.5) is 13.2 Å². The van der Waals surface area contributed by atoms with Crippen molar-refractivity contribution >= 4 is 28.5 Å². The molecule has 12 heteroatoms. The maximum atomic E-state index is 13.6. The summed E-state index contributed by atoms with van der Waals surface area (Å²) >= 11 is 0. The molecule has 0 bridgehead atoms. The van der Waals surface area contributed by atoms with Gasteiger partial charge in [0.05, 0.1) is 18.2 Å².